The Hall–Kier alpha value is -2.62. The van der Waals surface area contributed by atoms with E-state index in [0.29, 0.717) is 19.5 Å². The molecule has 1 aromatic carbocycles. The summed E-state index contributed by atoms with van der Waals surface area (Å²) in [6, 6.07) is 14.1. The maximum atomic E-state index is 12.1. The number of benzene rings is 1. The quantitative estimate of drug-likeness (QED) is 0.190. The molecule has 0 saturated heterocycles. The number of nitrogens with one attached hydrogen (secondary N) is 1. The number of amides is 1. The van der Waals surface area contributed by atoms with Crippen molar-refractivity contribution < 1.29 is 4.79 Å². The van der Waals surface area contributed by atoms with Crippen LogP contribution in [-0.2, 0) is 11.3 Å². The van der Waals surface area contributed by atoms with Gasteiger partial charge in [0.05, 0.1) is 23.1 Å². The molecule has 4 rings (SSSR count). The number of nitrogens with two attached hydrogens (primary N) is 1. The minimum atomic E-state index is 0.0998. The first kappa shape index (κ1) is 25.5. The van der Waals surface area contributed by atoms with Crippen molar-refractivity contribution in [3.63, 3.8) is 0 Å². The lowest BCUT2D eigenvalue weighted by molar-refractivity contribution is -0.120. The van der Waals surface area contributed by atoms with Gasteiger partial charge in [-0.25, -0.2) is 9.97 Å². The first-order valence-corrected chi connectivity index (χ1v) is 14.4. The Labute approximate surface area is 214 Å². The second kappa shape index (κ2) is 12.9. The Morgan fingerprint density at radius 3 is 2.83 bits per heavy atom. The largest absolute Gasteiger partial charge is 0.356 e. The van der Waals surface area contributed by atoms with Gasteiger partial charge in [-0.2, -0.15) is 0 Å². The summed E-state index contributed by atoms with van der Waals surface area (Å²) < 4.78 is 2.23. The second-order valence-electron chi connectivity index (χ2n) is 8.51. The maximum Gasteiger partial charge on any atom is 0.220 e. The topological polar surface area (TPSA) is 98.7 Å². The number of imidazole rings is 1. The lowest BCUT2D eigenvalue weighted by Crippen LogP contribution is -2.24. The van der Waals surface area contributed by atoms with E-state index in [9.17, 15) is 4.79 Å². The molecule has 3 aromatic heterocycles. The van der Waals surface area contributed by atoms with Crippen LogP contribution in [0.5, 0.6) is 0 Å². The third-order valence-corrected chi connectivity index (χ3v) is 8.16. The molecule has 9 heteroatoms. The van der Waals surface area contributed by atoms with Gasteiger partial charge in [-0.05, 0) is 54.8 Å². The van der Waals surface area contributed by atoms with Gasteiger partial charge in [0.2, 0.25) is 5.91 Å². The van der Waals surface area contributed by atoms with Crippen molar-refractivity contribution in [2.75, 3.05) is 18.8 Å². The number of carbonyl (C=O) groups is 1. The standard InChI is InChI=1S/C26H32N6OS2/c1-19(11-13-27)24-25-26(20-8-2-3-9-21(20)31-24)32(18-30-25)16-7-6-14-28-22(33)12-17-34-35-23-10-4-5-15-29-23/h2-5,8-10,15,18-19H,6-7,11-14,16-17,27H2,1H3,(H,28,33). The van der Waals surface area contributed by atoms with Gasteiger partial charge in [-0.3, -0.25) is 9.78 Å². The molecule has 0 aliphatic heterocycles. The number of para-hydroxylation sites is 1. The SMILES string of the molecule is CC(CCN)c1nc2ccccc2c2c1ncn2CCCCNC(=O)CCSSc1ccccn1. The minimum absolute atomic E-state index is 0.0998. The maximum absolute atomic E-state index is 12.1. The molecule has 0 spiro atoms. The fraction of sp³-hybridized carbons (Fsp3) is 0.385. The summed E-state index contributed by atoms with van der Waals surface area (Å²) >= 11 is 0. The average molecular weight is 509 g/mol. The summed E-state index contributed by atoms with van der Waals surface area (Å²) in [5, 5.41) is 5.13. The van der Waals surface area contributed by atoms with Crippen molar-refractivity contribution in [1.82, 2.24) is 24.8 Å². The van der Waals surface area contributed by atoms with E-state index in [1.165, 1.54) is 0 Å². The highest BCUT2D eigenvalue weighted by atomic mass is 33.1. The van der Waals surface area contributed by atoms with E-state index in [1.807, 2.05) is 36.7 Å². The second-order valence-corrected chi connectivity index (χ2v) is 10.9. The van der Waals surface area contributed by atoms with Crippen LogP contribution < -0.4 is 11.1 Å². The van der Waals surface area contributed by atoms with Gasteiger partial charge in [-0.15, -0.1) is 0 Å². The van der Waals surface area contributed by atoms with Crippen molar-refractivity contribution in [3.05, 3.63) is 60.7 Å². The summed E-state index contributed by atoms with van der Waals surface area (Å²) in [5.41, 5.74) is 9.94. The predicted molar refractivity (Wildman–Crippen MR) is 147 cm³/mol. The van der Waals surface area contributed by atoms with Gasteiger partial charge >= 0.3 is 0 Å². The smallest absolute Gasteiger partial charge is 0.220 e. The molecule has 0 saturated carbocycles. The predicted octanol–water partition coefficient (Wildman–Crippen LogP) is 5.16. The highest BCUT2D eigenvalue weighted by molar-refractivity contribution is 8.76. The number of aryl methyl sites for hydroxylation is 1. The molecule has 1 amide bonds. The van der Waals surface area contributed by atoms with Crippen LogP contribution in [0, 0.1) is 0 Å². The molecule has 184 valence electrons. The third-order valence-electron chi connectivity index (χ3n) is 5.89. The number of aromatic nitrogens is 4. The Bertz CT molecular complexity index is 1250. The molecular formula is C26H32N6OS2. The summed E-state index contributed by atoms with van der Waals surface area (Å²) in [6.07, 6.45) is 6.98. The van der Waals surface area contributed by atoms with E-state index in [0.717, 1.165) is 64.2 Å². The molecule has 4 aromatic rings. The molecule has 7 nitrogen and oxygen atoms in total. The zero-order valence-electron chi connectivity index (χ0n) is 20.0. The van der Waals surface area contributed by atoms with Crippen molar-refractivity contribution in [3.8, 4) is 0 Å². The van der Waals surface area contributed by atoms with Crippen molar-refractivity contribution in [2.24, 2.45) is 5.73 Å². The first-order valence-electron chi connectivity index (χ1n) is 12.1. The van der Waals surface area contributed by atoms with Crippen LogP contribution in [0.2, 0.25) is 0 Å². The Morgan fingerprint density at radius 1 is 1.14 bits per heavy atom. The van der Waals surface area contributed by atoms with E-state index in [4.69, 9.17) is 15.7 Å². The lowest BCUT2D eigenvalue weighted by atomic mass is 10.0. The minimum Gasteiger partial charge on any atom is -0.356 e. The fourth-order valence-electron chi connectivity index (χ4n) is 4.06. The summed E-state index contributed by atoms with van der Waals surface area (Å²) in [6.45, 7) is 4.33. The van der Waals surface area contributed by atoms with Gasteiger partial charge in [0, 0.05) is 42.8 Å². The molecular weight excluding hydrogens is 476 g/mol. The highest BCUT2D eigenvalue weighted by Crippen LogP contribution is 2.31. The first-order chi connectivity index (χ1) is 17.2. The van der Waals surface area contributed by atoms with E-state index in [1.54, 1.807) is 27.8 Å². The monoisotopic (exact) mass is 508 g/mol. The van der Waals surface area contributed by atoms with Crippen LogP contribution in [0.3, 0.4) is 0 Å². The summed E-state index contributed by atoms with van der Waals surface area (Å²) in [4.78, 5) is 26.1. The van der Waals surface area contributed by atoms with Crippen molar-refractivity contribution in [2.45, 2.75) is 50.1 Å². The molecule has 0 aliphatic rings. The molecule has 0 bridgehead atoms. The van der Waals surface area contributed by atoms with E-state index in [-0.39, 0.29) is 11.8 Å². The summed E-state index contributed by atoms with van der Waals surface area (Å²) in [7, 11) is 3.26. The zero-order valence-corrected chi connectivity index (χ0v) is 21.7. The number of nitrogens with zero attached hydrogens (tertiary/aromatic N) is 4. The van der Waals surface area contributed by atoms with Crippen molar-refractivity contribution in [1.29, 1.82) is 0 Å². The molecule has 3 N–H and O–H groups in total. The van der Waals surface area contributed by atoms with Crippen LogP contribution in [0.25, 0.3) is 21.9 Å². The third kappa shape index (κ3) is 6.74. The van der Waals surface area contributed by atoms with E-state index in [2.05, 4.69) is 33.9 Å². The van der Waals surface area contributed by atoms with Crippen LogP contribution in [0.1, 0.15) is 44.2 Å². The number of rotatable bonds is 13. The molecule has 0 fully saturated rings. The molecule has 1 unspecified atom stereocenters. The number of pyridine rings is 2. The number of unbranched alkanes of at least 4 members (excludes halogenated alkanes) is 1. The van der Waals surface area contributed by atoms with Crippen LogP contribution in [0.15, 0.2) is 60.0 Å². The Kier molecular flexibility index (Phi) is 9.39. The highest BCUT2D eigenvalue weighted by Gasteiger charge is 2.17. The van der Waals surface area contributed by atoms with Gasteiger partial charge < -0.3 is 15.6 Å². The van der Waals surface area contributed by atoms with Crippen LogP contribution in [0.4, 0.5) is 0 Å². The van der Waals surface area contributed by atoms with Crippen LogP contribution in [-0.4, -0.2) is 44.3 Å². The van der Waals surface area contributed by atoms with E-state index < -0.39 is 0 Å². The summed E-state index contributed by atoms with van der Waals surface area (Å²) in [5.74, 6) is 1.12. The van der Waals surface area contributed by atoms with Crippen molar-refractivity contribution >= 4 is 49.4 Å². The van der Waals surface area contributed by atoms with Gasteiger partial charge in [0.25, 0.3) is 0 Å². The Morgan fingerprint density at radius 2 is 2.00 bits per heavy atom. The molecule has 1 atom stereocenters. The molecule has 0 aliphatic carbocycles. The van der Waals surface area contributed by atoms with Gasteiger partial charge in [-0.1, -0.05) is 42.0 Å². The Balaban J connectivity index is 1.27. The van der Waals surface area contributed by atoms with Crippen LogP contribution >= 0.6 is 21.6 Å². The molecule has 35 heavy (non-hydrogen) atoms. The average Bonchev–Trinajstić information content (AvgIpc) is 3.31. The molecule has 0 radical (unpaired) electrons. The molecule has 3 heterocycles. The zero-order chi connectivity index (χ0) is 24.5. The number of hydrogen-bond donors (Lipinski definition) is 2. The lowest BCUT2D eigenvalue weighted by Gasteiger charge is -2.13. The van der Waals surface area contributed by atoms with Gasteiger partial charge in [0.15, 0.2) is 0 Å². The fourth-order valence-corrected chi connectivity index (χ4v) is 5.93. The number of fused-ring (bicyclic) bond motifs is 3. The number of hydrogen-bond acceptors (Lipinski definition) is 7. The van der Waals surface area contributed by atoms with E-state index >= 15 is 0 Å². The number of carbonyl (C=O) groups excluding carboxylic acids is 1. The van der Waals surface area contributed by atoms with Gasteiger partial charge in [0.1, 0.15) is 10.5 Å². The normalized spacial score (nSPS) is 12.3.